The summed E-state index contributed by atoms with van der Waals surface area (Å²) in [5.74, 6) is -1.22. The van der Waals surface area contributed by atoms with Crippen LogP contribution in [0.1, 0.15) is 30.4 Å². The number of hydrogen-bond acceptors (Lipinski definition) is 6. The minimum Gasteiger partial charge on any atom is -0.329 e. The van der Waals surface area contributed by atoms with Gasteiger partial charge < -0.3 is 9.68 Å². The van der Waals surface area contributed by atoms with Crippen molar-refractivity contribution in [2.24, 2.45) is 5.92 Å². The lowest BCUT2D eigenvalue weighted by Crippen LogP contribution is -2.34. The highest BCUT2D eigenvalue weighted by atomic mass is 17.0. The summed E-state index contributed by atoms with van der Waals surface area (Å²) in [4.78, 5) is 38.8. The molecule has 0 aliphatic carbocycles. The summed E-state index contributed by atoms with van der Waals surface area (Å²) in [6.45, 7) is 4.96. The van der Waals surface area contributed by atoms with Crippen molar-refractivity contribution >= 4 is 22.7 Å². The van der Waals surface area contributed by atoms with E-state index in [2.05, 4.69) is 17.0 Å². The first-order valence-corrected chi connectivity index (χ1v) is 11.7. The van der Waals surface area contributed by atoms with Gasteiger partial charge in [-0.3, -0.25) is 4.90 Å². The zero-order valence-corrected chi connectivity index (χ0v) is 19.2. The van der Waals surface area contributed by atoms with Crippen molar-refractivity contribution in [1.29, 1.82) is 0 Å². The first kappa shape index (κ1) is 22.3. The lowest BCUT2D eigenvalue weighted by molar-refractivity contribution is -0.322. The molecule has 0 amide bonds. The van der Waals surface area contributed by atoms with E-state index in [1.807, 2.05) is 67.6 Å². The molecule has 0 radical (unpaired) electrons. The number of nitrogens with zero attached hydrogens (tertiary/aromatic N) is 2. The van der Waals surface area contributed by atoms with E-state index in [0.29, 0.717) is 12.1 Å². The van der Waals surface area contributed by atoms with Crippen molar-refractivity contribution < 1.29 is 19.3 Å². The van der Waals surface area contributed by atoms with Crippen molar-refractivity contribution in [3.8, 4) is 0 Å². The van der Waals surface area contributed by atoms with Gasteiger partial charge in [0, 0.05) is 30.3 Å². The average Bonchev–Trinajstić information content (AvgIpc) is 3.22. The van der Waals surface area contributed by atoms with Crippen LogP contribution < -0.4 is 0 Å². The number of hydroxylamine groups is 2. The summed E-state index contributed by atoms with van der Waals surface area (Å²) >= 11 is 0. The lowest BCUT2D eigenvalue weighted by atomic mass is 9.89. The number of carbonyl (C=O) groups is 2. The monoisotopic (exact) mass is 456 g/mol. The minimum absolute atomic E-state index is 0.237. The van der Waals surface area contributed by atoms with Crippen LogP contribution in [-0.4, -0.2) is 41.7 Å². The second kappa shape index (κ2) is 9.79. The molecule has 174 valence electrons. The molecule has 6 nitrogen and oxygen atoms in total. The van der Waals surface area contributed by atoms with Crippen molar-refractivity contribution in [2.45, 2.75) is 25.8 Å². The summed E-state index contributed by atoms with van der Waals surface area (Å²) in [6.07, 6.45) is 2.22. The molecule has 2 heterocycles. The topological polar surface area (TPSA) is 59.1 Å². The normalized spacial score (nSPS) is 20.5. The van der Waals surface area contributed by atoms with Gasteiger partial charge in [-0.2, -0.15) is 0 Å². The second-order valence-electron chi connectivity index (χ2n) is 9.07. The summed E-state index contributed by atoms with van der Waals surface area (Å²) in [5, 5.41) is 3.20. The Hall–Kier alpha value is -3.48. The molecule has 5 rings (SSSR count). The van der Waals surface area contributed by atoms with Crippen LogP contribution in [-0.2, 0) is 25.8 Å². The van der Waals surface area contributed by atoms with Gasteiger partial charge in [-0.1, -0.05) is 79.7 Å². The summed E-state index contributed by atoms with van der Waals surface area (Å²) in [7, 11) is 0. The largest absolute Gasteiger partial charge is 0.357 e. The maximum atomic E-state index is 13.0. The number of fused-ring (bicyclic) bond motifs is 1. The van der Waals surface area contributed by atoms with Crippen molar-refractivity contribution in [2.75, 3.05) is 19.6 Å². The fourth-order valence-electron chi connectivity index (χ4n) is 4.91. The molecule has 0 spiro atoms. The standard InChI is InChI=1S/C28H28N2O4/c1-20(24-13-7-11-23-10-5-6-12-25(23)24)26-16-27(31)33-30(34-28(26)32)19-22-14-15-29(18-22)17-21-8-3-2-4-9-21/h2-13,16,20,22H,14-15,17-19H2,1H3/t20-,22-/m1/s1. The van der Waals surface area contributed by atoms with Gasteiger partial charge in [-0.15, -0.1) is 0 Å². The number of hydrogen-bond donors (Lipinski definition) is 0. The Bertz CT molecular complexity index is 1220. The van der Waals surface area contributed by atoms with Crippen molar-refractivity contribution in [1.82, 2.24) is 10.1 Å². The molecule has 3 aromatic carbocycles. The molecule has 3 aromatic rings. The number of likely N-dealkylation sites (tertiary alicyclic amines) is 1. The van der Waals surface area contributed by atoms with Gasteiger partial charge in [0.15, 0.2) is 0 Å². The third-order valence-corrected chi connectivity index (χ3v) is 6.67. The van der Waals surface area contributed by atoms with E-state index in [9.17, 15) is 9.59 Å². The Morgan fingerprint density at radius 3 is 2.56 bits per heavy atom. The van der Waals surface area contributed by atoms with Gasteiger partial charge >= 0.3 is 11.9 Å². The summed E-state index contributed by atoms with van der Waals surface area (Å²) in [5.41, 5.74) is 2.53. The smallest absolute Gasteiger partial charge is 0.329 e. The lowest BCUT2D eigenvalue weighted by Gasteiger charge is -2.22. The van der Waals surface area contributed by atoms with E-state index < -0.39 is 11.9 Å². The van der Waals surface area contributed by atoms with Gasteiger partial charge in [0.05, 0.1) is 12.1 Å². The first-order valence-electron chi connectivity index (χ1n) is 11.7. The van der Waals surface area contributed by atoms with Gasteiger partial charge in [-0.05, 0) is 40.8 Å². The Morgan fingerprint density at radius 1 is 0.941 bits per heavy atom. The highest BCUT2D eigenvalue weighted by Crippen LogP contribution is 2.32. The molecular formula is C28H28N2O4. The Balaban J connectivity index is 1.25. The van der Waals surface area contributed by atoms with Gasteiger partial charge in [0.25, 0.3) is 0 Å². The molecule has 0 bridgehead atoms. The summed E-state index contributed by atoms with van der Waals surface area (Å²) in [6, 6.07) is 24.3. The maximum absolute atomic E-state index is 13.0. The predicted octanol–water partition coefficient (Wildman–Crippen LogP) is 4.62. The molecule has 1 saturated heterocycles. The van der Waals surface area contributed by atoms with Crippen LogP contribution in [0, 0.1) is 5.92 Å². The Labute approximate surface area is 199 Å². The highest BCUT2D eigenvalue weighted by molar-refractivity contribution is 5.99. The number of benzene rings is 3. The highest BCUT2D eigenvalue weighted by Gasteiger charge is 2.33. The van der Waals surface area contributed by atoms with Crippen LogP contribution in [0.25, 0.3) is 10.8 Å². The molecule has 0 unspecified atom stereocenters. The second-order valence-corrected chi connectivity index (χ2v) is 9.07. The van der Waals surface area contributed by atoms with Gasteiger partial charge in [-0.25, -0.2) is 9.59 Å². The predicted molar refractivity (Wildman–Crippen MR) is 129 cm³/mol. The zero-order chi connectivity index (χ0) is 23.5. The zero-order valence-electron chi connectivity index (χ0n) is 19.2. The molecule has 6 heteroatoms. The van der Waals surface area contributed by atoms with E-state index in [1.165, 1.54) is 11.6 Å². The molecule has 2 aliphatic rings. The quantitative estimate of drug-likeness (QED) is 0.539. The molecule has 2 atom stereocenters. The molecule has 0 saturated carbocycles. The fourth-order valence-corrected chi connectivity index (χ4v) is 4.91. The van der Waals surface area contributed by atoms with E-state index in [1.54, 1.807) is 0 Å². The van der Waals surface area contributed by atoms with E-state index in [-0.39, 0.29) is 11.8 Å². The summed E-state index contributed by atoms with van der Waals surface area (Å²) < 4.78 is 0. The minimum atomic E-state index is -0.591. The third-order valence-electron chi connectivity index (χ3n) is 6.67. The van der Waals surface area contributed by atoms with E-state index in [0.717, 1.165) is 47.6 Å². The molecular weight excluding hydrogens is 428 g/mol. The van der Waals surface area contributed by atoms with Crippen molar-refractivity contribution in [3.63, 3.8) is 0 Å². The van der Waals surface area contributed by atoms with Crippen LogP contribution >= 0.6 is 0 Å². The molecule has 34 heavy (non-hydrogen) atoms. The van der Waals surface area contributed by atoms with E-state index in [4.69, 9.17) is 9.68 Å². The fraction of sp³-hybridized carbons (Fsp3) is 0.286. The third kappa shape index (κ3) is 4.88. The molecule has 0 N–H and O–H groups in total. The van der Waals surface area contributed by atoms with Gasteiger partial charge in [0.2, 0.25) is 0 Å². The van der Waals surface area contributed by atoms with Crippen LogP contribution in [0.15, 0.2) is 84.4 Å². The van der Waals surface area contributed by atoms with Crippen LogP contribution in [0.2, 0.25) is 0 Å². The maximum Gasteiger partial charge on any atom is 0.357 e. The first-order chi connectivity index (χ1) is 16.6. The van der Waals surface area contributed by atoms with Gasteiger partial charge in [0.1, 0.15) is 0 Å². The average molecular weight is 457 g/mol. The Morgan fingerprint density at radius 2 is 1.71 bits per heavy atom. The molecule has 2 aliphatic heterocycles. The Kier molecular flexibility index (Phi) is 6.43. The number of rotatable bonds is 6. The SMILES string of the molecule is C[C@@H](C1=CC(=O)ON(C[C@@H]2CCN(Cc3ccccc3)C2)OC1=O)c1cccc2ccccc12. The number of carbonyl (C=O) groups excluding carboxylic acids is 2. The van der Waals surface area contributed by atoms with Crippen LogP contribution in [0.4, 0.5) is 0 Å². The van der Waals surface area contributed by atoms with E-state index >= 15 is 0 Å². The molecule has 1 fully saturated rings. The van der Waals surface area contributed by atoms with Crippen LogP contribution in [0.3, 0.4) is 0 Å². The molecule has 0 aromatic heterocycles. The van der Waals surface area contributed by atoms with Crippen LogP contribution in [0.5, 0.6) is 0 Å². The van der Waals surface area contributed by atoms with Crippen molar-refractivity contribution in [3.05, 3.63) is 95.6 Å².